The lowest BCUT2D eigenvalue weighted by Gasteiger charge is -2.13. The Morgan fingerprint density at radius 2 is 1.74 bits per heavy atom. The highest BCUT2D eigenvalue weighted by atomic mass is 16.5. The van der Waals surface area contributed by atoms with Gasteiger partial charge in [0, 0.05) is 50.1 Å². The molecule has 1 N–H and O–H groups in total. The highest BCUT2D eigenvalue weighted by molar-refractivity contribution is 5.90. The SMILES string of the molecule is CCOc1ccc(-c2ccc(=O)n(CCCC(=O)Nc3ccc(N(C)C)cc3)n2)cc1. The van der Waals surface area contributed by atoms with E-state index in [4.69, 9.17) is 4.74 Å². The molecule has 1 heterocycles. The van der Waals surface area contributed by atoms with E-state index in [2.05, 4.69) is 10.4 Å². The minimum absolute atomic E-state index is 0.0895. The fourth-order valence-corrected chi connectivity index (χ4v) is 3.11. The van der Waals surface area contributed by atoms with Gasteiger partial charge in [0.15, 0.2) is 0 Å². The number of aromatic nitrogens is 2. The summed E-state index contributed by atoms with van der Waals surface area (Å²) >= 11 is 0. The molecule has 7 nitrogen and oxygen atoms in total. The first-order valence-corrected chi connectivity index (χ1v) is 10.3. The number of aryl methyl sites for hydroxylation is 1. The van der Waals surface area contributed by atoms with Crippen LogP contribution < -0.4 is 20.5 Å². The van der Waals surface area contributed by atoms with Crippen molar-refractivity contribution in [3.8, 4) is 17.0 Å². The topological polar surface area (TPSA) is 76.5 Å². The van der Waals surface area contributed by atoms with E-state index in [0.717, 1.165) is 22.7 Å². The first kappa shape index (κ1) is 22.1. The summed E-state index contributed by atoms with van der Waals surface area (Å²) in [5, 5.41) is 7.34. The van der Waals surface area contributed by atoms with Crippen LogP contribution in [0.5, 0.6) is 5.75 Å². The zero-order valence-electron chi connectivity index (χ0n) is 18.2. The standard InChI is InChI=1S/C24H28N4O3/c1-4-31-21-13-7-18(8-14-21)22-15-16-24(30)28(26-22)17-5-6-23(29)25-19-9-11-20(12-10-19)27(2)3/h7-16H,4-6,17H2,1-3H3,(H,25,29). The Bertz CT molecular complexity index is 1060. The van der Waals surface area contributed by atoms with Crippen LogP contribution in [0.3, 0.4) is 0 Å². The molecule has 0 saturated carbocycles. The van der Waals surface area contributed by atoms with Gasteiger partial charge in [-0.2, -0.15) is 5.10 Å². The fourth-order valence-electron chi connectivity index (χ4n) is 3.11. The highest BCUT2D eigenvalue weighted by Crippen LogP contribution is 2.20. The number of hydrogen-bond donors (Lipinski definition) is 1. The van der Waals surface area contributed by atoms with Crippen molar-refractivity contribution < 1.29 is 9.53 Å². The molecule has 0 saturated heterocycles. The summed E-state index contributed by atoms with van der Waals surface area (Å²) in [6.45, 7) is 2.92. The molecule has 0 radical (unpaired) electrons. The first-order chi connectivity index (χ1) is 15.0. The van der Waals surface area contributed by atoms with Gasteiger partial charge in [0.25, 0.3) is 5.56 Å². The van der Waals surface area contributed by atoms with Gasteiger partial charge in [-0.3, -0.25) is 9.59 Å². The van der Waals surface area contributed by atoms with E-state index in [0.29, 0.717) is 31.7 Å². The molecule has 1 amide bonds. The van der Waals surface area contributed by atoms with Crippen molar-refractivity contribution in [3.05, 3.63) is 71.0 Å². The van der Waals surface area contributed by atoms with Crippen LogP contribution in [-0.4, -0.2) is 36.4 Å². The number of anilines is 2. The molecular weight excluding hydrogens is 392 g/mol. The Morgan fingerprint density at radius 1 is 1.03 bits per heavy atom. The maximum atomic E-state index is 12.2. The van der Waals surface area contributed by atoms with Crippen LogP contribution in [-0.2, 0) is 11.3 Å². The second-order valence-corrected chi connectivity index (χ2v) is 7.33. The predicted molar refractivity (Wildman–Crippen MR) is 124 cm³/mol. The molecule has 0 aliphatic carbocycles. The van der Waals surface area contributed by atoms with Crippen LogP contribution in [0.1, 0.15) is 19.8 Å². The van der Waals surface area contributed by atoms with Crippen molar-refractivity contribution >= 4 is 17.3 Å². The minimum Gasteiger partial charge on any atom is -0.494 e. The smallest absolute Gasteiger partial charge is 0.266 e. The third-order valence-corrected chi connectivity index (χ3v) is 4.77. The lowest BCUT2D eigenvalue weighted by atomic mass is 10.1. The van der Waals surface area contributed by atoms with E-state index in [1.165, 1.54) is 10.7 Å². The summed E-state index contributed by atoms with van der Waals surface area (Å²) < 4.78 is 6.87. The van der Waals surface area contributed by atoms with Gasteiger partial charge in [0.2, 0.25) is 5.91 Å². The second kappa shape index (κ2) is 10.4. The van der Waals surface area contributed by atoms with Gasteiger partial charge in [-0.1, -0.05) is 0 Å². The Hall–Kier alpha value is -3.61. The van der Waals surface area contributed by atoms with Crippen molar-refractivity contribution in [1.82, 2.24) is 9.78 Å². The lowest BCUT2D eigenvalue weighted by Crippen LogP contribution is -2.23. The second-order valence-electron chi connectivity index (χ2n) is 7.33. The normalized spacial score (nSPS) is 10.5. The summed E-state index contributed by atoms with van der Waals surface area (Å²) in [4.78, 5) is 26.4. The molecule has 0 unspecified atom stereocenters. The van der Waals surface area contributed by atoms with Crippen LogP contribution >= 0.6 is 0 Å². The number of ether oxygens (including phenoxy) is 1. The molecule has 0 atom stereocenters. The Morgan fingerprint density at radius 3 is 2.39 bits per heavy atom. The van der Waals surface area contributed by atoms with Gasteiger partial charge in [0.1, 0.15) is 5.75 Å². The van der Waals surface area contributed by atoms with E-state index < -0.39 is 0 Å². The van der Waals surface area contributed by atoms with Gasteiger partial charge < -0.3 is 15.0 Å². The van der Waals surface area contributed by atoms with Crippen LogP contribution in [0.4, 0.5) is 11.4 Å². The van der Waals surface area contributed by atoms with Gasteiger partial charge in [-0.15, -0.1) is 0 Å². The van der Waals surface area contributed by atoms with Crippen molar-refractivity contribution in [2.75, 3.05) is 30.9 Å². The quantitative estimate of drug-likeness (QED) is 0.570. The molecule has 31 heavy (non-hydrogen) atoms. The van der Waals surface area contributed by atoms with E-state index in [1.54, 1.807) is 6.07 Å². The molecule has 0 fully saturated rings. The molecule has 0 aliphatic rings. The average molecular weight is 421 g/mol. The molecule has 1 aromatic heterocycles. The number of benzene rings is 2. The van der Waals surface area contributed by atoms with Crippen LogP contribution in [0.15, 0.2) is 65.5 Å². The van der Waals surface area contributed by atoms with Crippen molar-refractivity contribution in [2.24, 2.45) is 0 Å². The summed E-state index contributed by atoms with van der Waals surface area (Å²) in [5.74, 6) is 0.704. The van der Waals surface area contributed by atoms with Crippen molar-refractivity contribution in [3.63, 3.8) is 0 Å². The van der Waals surface area contributed by atoms with E-state index in [9.17, 15) is 9.59 Å². The third-order valence-electron chi connectivity index (χ3n) is 4.77. The molecule has 3 rings (SSSR count). The molecule has 2 aromatic carbocycles. The Labute approximate surface area is 182 Å². The summed E-state index contributed by atoms with van der Waals surface area (Å²) in [6, 6.07) is 18.4. The zero-order valence-corrected chi connectivity index (χ0v) is 18.2. The largest absolute Gasteiger partial charge is 0.494 e. The summed E-state index contributed by atoms with van der Waals surface area (Å²) in [7, 11) is 3.93. The molecule has 7 heteroatoms. The number of rotatable bonds is 9. The van der Waals surface area contributed by atoms with Crippen LogP contribution in [0, 0.1) is 0 Å². The summed E-state index contributed by atoms with van der Waals surface area (Å²) in [5.41, 5.74) is 3.23. The number of carbonyl (C=O) groups is 1. The number of nitrogens with one attached hydrogen (secondary N) is 1. The number of amides is 1. The first-order valence-electron chi connectivity index (χ1n) is 10.3. The number of hydrogen-bond acceptors (Lipinski definition) is 5. The highest BCUT2D eigenvalue weighted by Gasteiger charge is 2.07. The molecule has 3 aromatic rings. The van der Waals surface area contributed by atoms with E-state index in [1.807, 2.05) is 74.4 Å². The molecule has 0 spiro atoms. The molecule has 0 aliphatic heterocycles. The molecule has 162 valence electrons. The Balaban J connectivity index is 1.56. The van der Waals surface area contributed by atoms with Gasteiger partial charge >= 0.3 is 0 Å². The van der Waals surface area contributed by atoms with Gasteiger partial charge in [-0.25, -0.2) is 4.68 Å². The monoisotopic (exact) mass is 420 g/mol. The van der Waals surface area contributed by atoms with Gasteiger partial charge in [-0.05, 0) is 67.9 Å². The van der Waals surface area contributed by atoms with Gasteiger partial charge in [0.05, 0.1) is 12.3 Å². The maximum Gasteiger partial charge on any atom is 0.266 e. The van der Waals surface area contributed by atoms with Crippen molar-refractivity contribution in [2.45, 2.75) is 26.3 Å². The molecular formula is C24H28N4O3. The van der Waals surface area contributed by atoms with E-state index in [-0.39, 0.29) is 11.5 Å². The van der Waals surface area contributed by atoms with Crippen LogP contribution in [0.25, 0.3) is 11.3 Å². The Kier molecular flexibility index (Phi) is 7.43. The predicted octanol–water partition coefficient (Wildman–Crippen LogP) is 3.79. The third kappa shape index (κ3) is 6.18. The number of nitrogens with zero attached hydrogens (tertiary/aromatic N) is 3. The number of carbonyl (C=O) groups excluding carboxylic acids is 1. The van der Waals surface area contributed by atoms with E-state index >= 15 is 0 Å². The van der Waals surface area contributed by atoms with Crippen molar-refractivity contribution in [1.29, 1.82) is 0 Å². The maximum absolute atomic E-state index is 12.2. The summed E-state index contributed by atoms with van der Waals surface area (Å²) in [6.07, 6.45) is 0.818. The average Bonchev–Trinajstić information content (AvgIpc) is 2.76. The molecule has 0 bridgehead atoms. The zero-order chi connectivity index (χ0) is 22.2. The minimum atomic E-state index is -0.186. The fraction of sp³-hybridized carbons (Fsp3) is 0.292. The van der Waals surface area contributed by atoms with Crippen LogP contribution in [0.2, 0.25) is 0 Å². The lowest BCUT2D eigenvalue weighted by molar-refractivity contribution is -0.116.